The Bertz CT molecular complexity index is 416. The molecule has 0 unspecified atom stereocenters. The van der Waals surface area contributed by atoms with Gasteiger partial charge in [-0.25, -0.2) is 0 Å². The molecule has 0 aliphatic rings. The van der Waals surface area contributed by atoms with E-state index in [2.05, 4.69) is 16.4 Å². The molecule has 0 amide bonds. The van der Waals surface area contributed by atoms with Crippen molar-refractivity contribution in [3.8, 4) is 5.69 Å². The minimum absolute atomic E-state index is 0.554. The Labute approximate surface area is 82.4 Å². The number of aromatic nitrogens is 3. The van der Waals surface area contributed by atoms with Crippen LogP contribution >= 0.6 is 0 Å². The lowest BCUT2D eigenvalue weighted by Crippen LogP contribution is -2.00. The first-order chi connectivity index (χ1) is 6.79. The molecular weight excluding hydrogens is 176 g/mol. The van der Waals surface area contributed by atoms with Crippen LogP contribution in [0.2, 0.25) is 0 Å². The van der Waals surface area contributed by atoms with Gasteiger partial charge in [0.05, 0.1) is 11.4 Å². The maximum atomic E-state index is 5.50. The summed E-state index contributed by atoms with van der Waals surface area (Å²) in [5.74, 6) is 0. The average Bonchev–Trinajstić information content (AvgIpc) is 2.65. The van der Waals surface area contributed by atoms with E-state index < -0.39 is 0 Å². The lowest BCUT2D eigenvalue weighted by atomic mass is 10.2. The van der Waals surface area contributed by atoms with E-state index >= 15 is 0 Å². The molecule has 0 atom stereocenters. The Kier molecular flexibility index (Phi) is 2.28. The van der Waals surface area contributed by atoms with Crippen LogP contribution in [0.5, 0.6) is 0 Å². The first-order valence-corrected chi connectivity index (χ1v) is 4.40. The fourth-order valence-electron chi connectivity index (χ4n) is 1.19. The van der Waals surface area contributed by atoms with E-state index in [4.69, 9.17) is 5.73 Å². The normalized spacial score (nSPS) is 10.4. The van der Waals surface area contributed by atoms with Gasteiger partial charge in [-0.3, -0.25) is 0 Å². The molecule has 1 radical (unpaired) electrons. The van der Waals surface area contributed by atoms with Crippen molar-refractivity contribution in [3.63, 3.8) is 0 Å². The lowest BCUT2D eigenvalue weighted by molar-refractivity contribution is 0.744. The van der Waals surface area contributed by atoms with E-state index in [-0.39, 0.29) is 0 Å². The smallest absolute Gasteiger partial charge is 0.138 e. The minimum Gasteiger partial charge on any atom is -0.326 e. The van der Waals surface area contributed by atoms with Gasteiger partial charge in [0, 0.05) is 6.54 Å². The van der Waals surface area contributed by atoms with Gasteiger partial charge in [-0.2, -0.15) is 9.90 Å². The molecule has 14 heavy (non-hydrogen) atoms. The van der Waals surface area contributed by atoms with Crippen molar-refractivity contribution in [3.05, 3.63) is 41.7 Å². The SMILES string of the molecule is Cc1[c]nn(-c2ccc(CN)cc2)n1. The first kappa shape index (κ1) is 8.90. The summed E-state index contributed by atoms with van der Waals surface area (Å²) in [6.07, 6.45) is 2.77. The molecule has 0 aliphatic carbocycles. The quantitative estimate of drug-likeness (QED) is 0.757. The van der Waals surface area contributed by atoms with Crippen LogP contribution < -0.4 is 5.73 Å². The van der Waals surface area contributed by atoms with E-state index in [1.54, 1.807) is 4.80 Å². The van der Waals surface area contributed by atoms with Crippen molar-refractivity contribution in [1.29, 1.82) is 0 Å². The van der Waals surface area contributed by atoms with Gasteiger partial charge in [-0.05, 0) is 24.6 Å². The van der Waals surface area contributed by atoms with Gasteiger partial charge in [0.15, 0.2) is 0 Å². The fourth-order valence-corrected chi connectivity index (χ4v) is 1.19. The summed E-state index contributed by atoms with van der Waals surface area (Å²) in [7, 11) is 0. The Hall–Kier alpha value is -1.68. The largest absolute Gasteiger partial charge is 0.326 e. The van der Waals surface area contributed by atoms with Crippen molar-refractivity contribution >= 4 is 0 Å². The monoisotopic (exact) mass is 187 g/mol. The number of hydrogen-bond acceptors (Lipinski definition) is 3. The molecule has 0 aliphatic heterocycles. The van der Waals surface area contributed by atoms with Crippen molar-refractivity contribution in [2.24, 2.45) is 5.73 Å². The highest BCUT2D eigenvalue weighted by Gasteiger charge is 1.99. The molecule has 4 heteroatoms. The van der Waals surface area contributed by atoms with Crippen LogP contribution in [-0.4, -0.2) is 15.0 Å². The molecular formula is C10H11N4. The van der Waals surface area contributed by atoms with Gasteiger partial charge < -0.3 is 5.73 Å². The van der Waals surface area contributed by atoms with E-state index in [1.165, 1.54) is 0 Å². The number of nitrogens with two attached hydrogens (primary N) is 1. The molecule has 1 aromatic heterocycles. The van der Waals surface area contributed by atoms with Gasteiger partial charge in [-0.15, -0.1) is 5.10 Å². The molecule has 2 rings (SSSR count). The van der Waals surface area contributed by atoms with Crippen molar-refractivity contribution < 1.29 is 0 Å². The third-order valence-corrected chi connectivity index (χ3v) is 1.95. The summed E-state index contributed by atoms with van der Waals surface area (Å²) < 4.78 is 0. The number of benzene rings is 1. The molecule has 0 bridgehead atoms. The van der Waals surface area contributed by atoms with E-state index in [1.807, 2.05) is 31.2 Å². The molecule has 4 nitrogen and oxygen atoms in total. The van der Waals surface area contributed by atoms with Crippen molar-refractivity contribution in [2.45, 2.75) is 13.5 Å². The maximum Gasteiger partial charge on any atom is 0.138 e. The van der Waals surface area contributed by atoms with E-state index in [0.717, 1.165) is 16.9 Å². The number of nitrogens with zero attached hydrogens (tertiary/aromatic N) is 3. The van der Waals surface area contributed by atoms with Crippen molar-refractivity contribution in [2.75, 3.05) is 0 Å². The minimum atomic E-state index is 0.554. The number of hydrogen-bond donors (Lipinski definition) is 1. The van der Waals surface area contributed by atoms with Crippen LogP contribution in [0, 0.1) is 13.1 Å². The summed E-state index contributed by atoms with van der Waals surface area (Å²) in [4.78, 5) is 1.55. The van der Waals surface area contributed by atoms with Gasteiger partial charge in [0.2, 0.25) is 0 Å². The summed E-state index contributed by atoms with van der Waals surface area (Å²) >= 11 is 0. The van der Waals surface area contributed by atoms with Crippen LogP contribution in [0.4, 0.5) is 0 Å². The Morgan fingerprint density at radius 3 is 2.57 bits per heavy atom. The zero-order chi connectivity index (χ0) is 9.97. The molecule has 1 aromatic carbocycles. The maximum absolute atomic E-state index is 5.50. The summed E-state index contributed by atoms with van der Waals surface area (Å²) in [6, 6.07) is 7.81. The van der Waals surface area contributed by atoms with Crippen LogP contribution in [0.15, 0.2) is 24.3 Å². The summed E-state index contributed by atoms with van der Waals surface area (Å²) in [5, 5.41) is 8.15. The lowest BCUT2D eigenvalue weighted by Gasteiger charge is -2.00. The van der Waals surface area contributed by atoms with Crippen molar-refractivity contribution in [1.82, 2.24) is 15.0 Å². The molecule has 0 saturated carbocycles. The second-order valence-electron chi connectivity index (χ2n) is 3.06. The second-order valence-corrected chi connectivity index (χ2v) is 3.06. The van der Waals surface area contributed by atoms with E-state index in [0.29, 0.717) is 6.54 Å². The zero-order valence-corrected chi connectivity index (χ0v) is 7.94. The standard InChI is InChI=1S/C10H11N4/c1-8-7-12-14(13-8)10-4-2-9(6-11)3-5-10/h2-5H,6,11H2,1H3. The molecule has 0 saturated heterocycles. The molecule has 2 aromatic rings. The third kappa shape index (κ3) is 1.65. The van der Waals surface area contributed by atoms with E-state index in [9.17, 15) is 0 Å². The third-order valence-electron chi connectivity index (χ3n) is 1.95. The predicted octanol–water partition coefficient (Wildman–Crippen LogP) is 0.835. The number of rotatable bonds is 2. The van der Waals surface area contributed by atoms with Crippen LogP contribution in [-0.2, 0) is 6.54 Å². The van der Waals surface area contributed by atoms with Gasteiger partial charge in [0.1, 0.15) is 6.20 Å². The molecule has 0 fully saturated rings. The van der Waals surface area contributed by atoms with Gasteiger partial charge >= 0.3 is 0 Å². The molecule has 1 heterocycles. The molecule has 2 N–H and O–H groups in total. The summed E-state index contributed by atoms with van der Waals surface area (Å²) in [5.41, 5.74) is 8.31. The Morgan fingerprint density at radius 2 is 2.07 bits per heavy atom. The Balaban J connectivity index is 2.33. The topological polar surface area (TPSA) is 56.7 Å². The highest BCUT2D eigenvalue weighted by molar-refractivity contribution is 5.32. The van der Waals surface area contributed by atoms with Gasteiger partial charge in [0.25, 0.3) is 0 Å². The molecule has 0 spiro atoms. The van der Waals surface area contributed by atoms with Crippen LogP contribution in [0.3, 0.4) is 0 Å². The highest BCUT2D eigenvalue weighted by Crippen LogP contribution is 2.06. The van der Waals surface area contributed by atoms with Crippen LogP contribution in [0.25, 0.3) is 5.69 Å². The van der Waals surface area contributed by atoms with Crippen LogP contribution in [0.1, 0.15) is 11.3 Å². The highest BCUT2D eigenvalue weighted by atomic mass is 15.5. The number of aryl methyl sites for hydroxylation is 1. The predicted molar refractivity (Wildman–Crippen MR) is 52.8 cm³/mol. The zero-order valence-electron chi connectivity index (χ0n) is 7.94. The fraction of sp³-hybridized carbons (Fsp3) is 0.200. The second kappa shape index (κ2) is 3.59. The first-order valence-electron chi connectivity index (χ1n) is 4.40. The Morgan fingerprint density at radius 1 is 1.36 bits per heavy atom. The molecule has 71 valence electrons. The average molecular weight is 187 g/mol. The van der Waals surface area contributed by atoms with Gasteiger partial charge in [-0.1, -0.05) is 12.1 Å². The summed E-state index contributed by atoms with van der Waals surface area (Å²) in [6.45, 7) is 2.41.